The Morgan fingerprint density at radius 2 is 1.86 bits per heavy atom. The molecule has 3 rings (SSSR count). The van der Waals surface area contributed by atoms with Gasteiger partial charge in [-0.1, -0.05) is 6.07 Å². The van der Waals surface area contributed by atoms with Crippen LogP contribution in [0, 0.1) is 0 Å². The number of hydrogen-bond acceptors (Lipinski definition) is 5. The summed E-state index contributed by atoms with van der Waals surface area (Å²) in [6, 6.07) is 5.23. The van der Waals surface area contributed by atoms with Crippen LogP contribution in [-0.2, 0) is 22.9 Å². The number of aromatic nitrogens is 2. The molecule has 7 heteroatoms. The fraction of sp³-hybridized carbons (Fsp3) is 0.286. The summed E-state index contributed by atoms with van der Waals surface area (Å²) < 4.78 is 32.0. The van der Waals surface area contributed by atoms with Crippen LogP contribution in [0.3, 0.4) is 0 Å². The first-order valence-electron chi connectivity index (χ1n) is 6.59. The van der Waals surface area contributed by atoms with Crippen LogP contribution < -0.4 is 9.46 Å². The van der Waals surface area contributed by atoms with Gasteiger partial charge in [-0.2, -0.15) is 0 Å². The molecule has 6 nitrogen and oxygen atoms in total. The van der Waals surface area contributed by atoms with E-state index in [4.69, 9.17) is 4.74 Å². The third kappa shape index (κ3) is 2.82. The first-order chi connectivity index (χ1) is 10.1. The highest BCUT2D eigenvalue weighted by Gasteiger charge is 2.19. The highest BCUT2D eigenvalue weighted by Crippen LogP contribution is 2.25. The van der Waals surface area contributed by atoms with Gasteiger partial charge in [-0.3, -0.25) is 0 Å². The summed E-state index contributed by atoms with van der Waals surface area (Å²) in [5.41, 5.74) is 2.34. The number of methoxy groups -OCH3 is 1. The SMILES string of the molecule is COc1cnc(NS(=O)(=O)c2ccc3c(c2)CCC3)nc1. The van der Waals surface area contributed by atoms with E-state index >= 15 is 0 Å². The highest BCUT2D eigenvalue weighted by molar-refractivity contribution is 7.92. The van der Waals surface area contributed by atoms with Crippen molar-refractivity contribution in [3.63, 3.8) is 0 Å². The molecule has 1 aliphatic rings. The molecule has 0 radical (unpaired) electrons. The molecule has 0 aliphatic heterocycles. The average molecular weight is 305 g/mol. The summed E-state index contributed by atoms with van der Waals surface area (Å²) in [6.07, 6.45) is 5.84. The molecule has 2 aromatic rings. The summed E-state index contributed by atoms with van der Waals surface area (Å²) in [4.78, 5) is 8.05. The Morgan fingerprint density at radius 3 is 2.57 bits per heavy atom. The fourth-order valence-corrected chi connectivity index (χ4v) is 3.38. The predicted octanol–water partition coefficient (Wildman–Crippen LogP) is 1.77. The second-order valence-electron chi connectivity index (χ2n) is 4.84. The molecule has 0 atom stereocenters. The summed E-state index contributed by atoms with van der Waals surface area (Å²) in [5.74, 6) is 0.492. The molecule has 21 heavy (non-hydrogen) atoms. The van der Waals surface area contributed by atoms with Crippen molar-refractivity contribution in [2.24, 2.45) is 0 Å². The van der Waals surface area contributed by atoms with E-state index in [0.717, 1.165) is 24.8 Å². The van der Waals surface area contributed by atoms with Crippen LogP contribution in [0.4, 0.5) is 5.95 Å². The quantitative estimate of drug-likeness (QED) is 0.931. The van der Waals surface area contributed by atoms with E-state index in [1.54, 1.807) is 12.1 Å². The number of nitrogens with one attached hydrogen (secondary N) is 1. The van der Waals surface area contributed by atoms with Crippen LogP contribution in [-0.4, -0.2) is 25.5 Å². The van der Waals surface area contributed by atoms with Gasteiger partial charge in [-0.15, -0.1) is 0 Å². The molecular weight excluding hydrogens is 290 g/mol. The van der Waals surface area contributed by atoms with Gasteiger partial charge in [0.05, 0.1) is 24.4 Å². The molecule has 1 heterocycles. The lowest BCUT2D eigenvalue weighted by Crippen LogP contribution is -2.15. The Morgan fingerprint density at radius 1 is 1.14 bits per heavy atom. The van der Waals surface area contributed by atoms with Gasteiger partial charge >= 0.3 is 0 Å². The van der Waals surface area contributed by atoms with E-state index < -0.39 is 10.0 Å². The first kappa shape index (κ1) is 13.8. The molecule has 0 saturated carbocycles. The third-order valence-electron chi connectivity index (χ3n) is 3.47. The molecular formula is C14H15N3O3S. The Balaban J connectivity index is 1.86. The van der Waals surface area contributed by atoms with E-state index in [0.29, 0.717) is 5.75 Å². The van der Waals surface area contributed by atoms with Crippen molar-refractivity contribution >= 4 is 16.0 Å². The van der Waals surface area contributed by atoms with Gasteiger partial charge in [0.15, 0.2) is 5.75 Å². The number of anilines is 1. The minimum atomic E-state index is -3.67. The van der Waals surface area contributed by atoms with Crippen LogP contribution in [0.1, 0.15) is 17.5 Å². The Hall–Kier alpha value is -2.15. The number of sulfonamides is 1. The van der Waals surface area contributed by atoms with Gasteiger partial charge in [-0.05, 0) is 42.5 Å². The molecule has 0 spiro atoms. The Kier molecular flexibility index (Phi) is 3.50. The van der Waals surface area contributed by atoms with Crippen molar-refractivity contribution in [2.45, 2.75) is 24.2 Å². The topological polar surface area (TPSA) is 81.2 Å². The van der Waals surface area contributed by atoms with Gasteiger partial charge in [0.1, 0.15) is 0 Å². The molecule has 0 bridgehead atoms. The lowest BCUT2D eigenvalue weighted by molar-refractivity contribution is 0.411. The number of fused-ring (bicyclic) bond motifs is 1. The Bertz CT molecular complexity index is 758. The Labute approximate surface area is 123 Å². The van der Waals surface area contributed by atoms with E-state index in [1.807, 2.05) is 6.07 Å². The van der Waals surface area contributed by atoms with Gasteiger partial charge in [0.2, 0.25) is 5.95 Å². The molecule has 0 saturated heterocycles. The predicted molar refractivity (Wildman–Crippen MR) is 77.9 cm³/mol. The second-order valence-corrected chi connectivity index (χ2v) is 6.52. The summed E-state index contributed by atoms with van der Waals surface area (Å²) >= 11 is 0. The lowest BCUT2D eigenvalue weighted by Gasteiger charge is -2.08. The molecule has 0 fully saturated rings. The van der Waals surface area contributed by atoms with Crippen molar-refractivity contribution in [1.29, 1.82) is 0 Å². The minimum absolute atomic E-state index is 0.0244. The molecule has 0 amide bonds. The molecule has 1 N–H and O–H groups in total. The van der Waals surface area contributed by atoms with Crippen LogP contribution in [0.5, 0.6) is 5.75 Å². The summed E-state index contributed by atoms with van der Waals surface area (Å²) in [5, 5.41) is 0. The zero-order valence-electron chi connectivity index (χ0n) is 11.5. The minimum Gasteiger partial charge on any atom is -0.494 e. The standard InChI is InChI=1S/C14H15N3O3S/c1-20-12-8-15-14(16-9-12)17-21(18,19)13-6-5-10-3-2-4-11(10)7-13/h5-9H,2-4H2,1H3,(H,15,16,17). The molecule has 1 aromatic heterocycles. The van der Waals surface area contributed by atoms with Crippen LogP contribution in [0.2, 0.25) is 0 Å². The van der Waals surface area contributed by atoms with Gasteiger partial charge in [-0.25, -0.2) is 23.1 Å². The van der Waals surface area contributed by atoms with Crippen LogP contribution in [0.25, 0.3) is 0 Å². The van der Waals surface area contributed by atoms with Gasteiger partial charge in [0.25, 0.3) is 10.0 Å². The smallest absolute Gasteiger partial charge is 0.264 e. The second kappa shape index (κ2) is 5.33. The van der Waals surface area contributed by atoms with Crippen molar-refractivity contribution in [3.8, 4) is 5.75 Å². The normalized spacial score (nSPS) is 13.8. The number of nitrogens with zero attached hydrogens (tertiary/aromatic N) is 2. The number of hydrogen-bond donors (Lipinski definition) is 1. The van der Waals surface area contributed by atoms with E-state index in [2.05, 4.69) is 14.7 Å². The zero-order valence-corrected chi connectivity index (χ0v) is 12.4. The van der Waals surface area contributed by atoms with Crippen molar-refractivity contribution in [1.82, 2.24) is 9.97 Å². The van der Waals surface area contributed by atoms with Crippen LogP contribution in [0.15, 0.2) is 35.5 Å². The van der Waals surface area contributed by atoms with E-state index in [-0.39, 0.29) is 10.8 Å². The zero-order chi connectivity index (χ0) is 14.9. The third-order valence-corrected chi connectivity index (χ3v) is 4.80. The van der Waals surface area contributed by atoms with Crippen molar-refractivity contribution in [2.75, 3.05) is 11.8 Å². The monoisotopic (exact) mass is 305 g/mol. The van der Waals surface area contributed by atoms with E-state index in [1.165, 1.54) is 25.1 Å². The van der Waals surface area contributed by atoms with E-state index in [9.17, 15) is 8.42 Å². The van der Waals surface area contributed by atoms with Crippen molar-refractivity contribution < 1.29 is 13.2 Å². The maximum Gasteiger partial charge on any atom is 0.264 e. The van der Waals surface area contributed by atoms with Crippen LogP contribution >= 0.6 is 0 Å². The maximum absolute atomic E-state index is 12.3. The number of benzene rings is 1. The number of aryl methyl sites for hydroxylation is 2. The fourth-order valence-electron chi connectivity index (χ4n) is 2.37. The van der Waals surface area contributed by atoms with Gasteiger partial charge in [0, 0.05) is 0 Å². The molecule has 110 valence electrons. The maximum atomic E-state index is 12.3. The largest absolute Gasteiger partial charge is 0.494 e. The molecule has 1 aromatic carbocycles. The number of rotatable bonds is 4. The molecule has 0 unspecified atom stereocenters. The lowest BCUT2D eigenvalue weighted by atomic mass is 10.1. The number of ether oxygens (including phenoxy) is 1. The summed E-state index contributed by atoms with van der Waals surface area (Å²) in [7, 11) is -2.18. The van der Waals surface area contributed by atoms with Crippen molar-refractivity contribution in [3.05, 3.63) is 41.7 Å². The first-order valence-corrected chi connectivity index (χ1v) is 8.07. The summed E-state index contributed by atoms with van der Waals surface area (Å²) in [6.45, 7) is 0. The molecule has 1 aliphatic carbocycles. The highest BCUT2D eigenvalue weighted by atomic mass is 32.2. The van der Waals surface area contributed by atoms with Gasteiger partial charge < -0.3 is 4.74 Å². The average Bonchev–Trinajstić information content (AvgIpc) is 2.95.